The summed E-state index contributed by atoms with van der Waals surface area (Å²) >= 11 is 0. The number of rotatable bonds is 5. The van der Waals surface area contributed by atoms with Gasteiger partial charge in [0.1, 0.15) is 11.2 Å². The molecule has 1 aliphatic carbocycles. The van der Waals surface area contributed by atoms with Crippen molar-refractivity contribution in [1.29, 1.82) is 0 Å². The monoisotopic (exact) mass is 728 g/mol. The molecule has 1 unspecified atom stereocenters. The minimum Gasteiger partial charge on any atom is -0.456 e. The van der Waals surface area contributed by atoms with Crippen LogP contribution in [0.15, 0.2) is 211 Å². The van der Waals surface area contributed by atoms with E-state index in [1.807, 2.05) is 0 Å². The van der Waals surface area contributed by atoms with E-state index in [4.69, 9.17) is 4.42 Å². The van der Waals surface area contributed by atoms with Gasteiger partial charge in [0.05, 0.1) is 17.8 Å². The van der Waals surface area contributed by atoms with E-state index in [0.29, 0.717) is 0 Å². The highest BCUT2D eigenvalue weighted by Crippen LogP contribution is 2.56. The molecule has 1 aliphatic heterocycles. The van der Waals surface area contributed by atoms with Crippen LogP contribution in [-0.4, -0.2) is 12.1 Å². The number of hydrogen-bond acceptors (Lipinski definition) is 3. The van der Waals surface area contributed by atoms with E-state index < -0.39 is 0 Å². The molecular weight excluding hydrogens is 693 g/mol. The van der Waals surface area contributed by atoms with Crippen LogP contribution in [0.2, 0.25) is 0 Å². The molecule has 9 aromatic carbocycles. The molecule has 1 aromatic heterocycles. The van der Waals surface area contributed by atoms with Crippen LogP contribution in [-0.2, 0) is 0 Å². The maximum atomic E-state index is 6.72. The van der Waals surface area contributed by atoms with Gasteiger partial charge in [0.2, 0.25) is 0 Å². The van der Waals surface area contributed by atoms with E-state index >= 15 is 0 Å². The van der Waals surface area contributed by atoms with Crippen molar-refractivity contribution >= 4 is 82.6 Å². The summed E-state index contributed by atoms with van der Waals surface area (Å²) in [6.45, 7) is 0. The zero-order valence-electron chi connectivity index (χ0n) is 31.1. The first-order valence-electron chi connectivity index (χ1n) is 19.8. The van der Waals surface area contributed by atoms with Gasteiger partial charge < -0.3 is 14.2 Å². The van der Waals surface area contributed by atoms with E-state index in [1.165, 1.54) is 54.6 Å². The molecular formula is C54H36N2O. The van der Waals surface area contributed by atoms with Gasteiger partial charge in [-0.05, 0) is 85.9 Å². The molecule has 0 bridgehead atoms. The number of furan rings is 1. The summed E-state index contributed by atoms with van der Waals surface area (Å²) < 4.78 is 6.72. The van der Waals surface area contributed by atoms with Crippen molar-refractivity contribution in [3.8, 4) is 11.1 Å². The van der Waals surface area contributed by atoms with Gasteiger partial charge in [0.25, 0.3) is 0 Å². The normalized spacial score (nSPS) is 16.1. The smallest absolute Gasteiger partial charge is 0.138 e. The second kappa shape index (κ2) is 12.6. The zero-order chi connectivity index (χ0) is 37.5. The van der Waals surface area contributed by atoms with E-state index in [-0.39, 0.29) is 12.1 Å². The van der Waals surface area contributed by atoms with Crippen molar-refractivity contribution < 1.29 is 4.42 Å². The molecule has 268 valence electrons. The lowest BCUT2D eigenvalue weighted by atomic mass is 9.85. The van der Waals surface area contributed by atoms with E-state index in [0.717, 1.165) is 44.7 Å². The van der Waals surface area contributed by atoms with E-state index in [2.05, 4.69) is 216 Å². The Kier molecular flexibility index (Phi) is 7.05. The minimum absolute atomic E-state index is 0.0584. The van der Waals surface area contributed by atoms with Crippen LogP contribution in [0.4, 0.5) is 22.7 Å². The third-order valence-electron chi connectivity index (χ3n) is 12.1. The largest absolute Gasteiger partial charge is 0.456 e. The second-order valence-corrected chi connectivity index (χ2v) is 15.2. The molecule has 10 aromatic rings. The Hall–Kier alpha value is -7.36. The molecule has 0 N–H and O–H groups in total. The highest BCUT2D eigenvalue weighted by atomic mass is 16.3. The Morgan fingerprint density at radius 1 is 0.456 bits per heavy atom. The summed E-state index contributed by atoms with van der Waals surface area (Å²) in [5, 5.41) is 9.92. The molecule has 2 atom stereocenters. The number of benzene rings is 9. The number of anilines is 4. The number of para-hydroxylation sites is 3. The first-order chi connectivity index (χ1) is 28.3. The molecule has 3 heteroatoms. The van der Waals surface area contributed by atoms with Crippen LogP contribution in [0.25, 0.3) is 71.0 Å². The molecule has 12 rings (SSSR count). The number of fused-ring (bicyclic) bond motifs is 12. The Morgan fingerprint density at radius 3 is 1.74 bits per heavy atom. The second-order valence-electron chi connectivity index (χ2n) is 15.2. The Labute approximate surface area is 330 Å². The third-order valence-corrected chi connectivity index (χ3v) is 12.1. The molecule has 0 fully saturated rings. The van der Waals surface area contributed by atoms with Crippen molar-refractivity contribution in [2.75, 3.05) is 9.80 Å². The van der Waals surface area contributed by atoms with Crippen molar-refractivity contribution in [2.24, 2.45) is 0 Å². The fourth-order valence-electron chi connectivity index (χ4n) is 9.83. The van der Waals surface area contributed by atoms with Crippen LogP contribution in [0.1, 0.15) is 5.56 Å². The lowest BCUT2D eigenvalue weighted by molar-refractivity contribution is 0.667. The first kappa shape index (κ1) is 31.9. The minimum atomic E-state index is -0.0733. The van der Waals surface area contributed by atoms with Crippen LogP contribution in [0.3, 0.4) is 0 Å². The summed E-state index contributed by atoms with van der Waals surface area (Å²) in [6.07, 6.45) is 7.03. The average molecular weight is 729 g/mol. The Balaban J connectivity index is 1.13. The Morgan fingerprint density at radius 2 is 1.04 bits per heavy atom. The average Bonchev–Trinajstić information content (AvgIpc) is 3.82. The number of allylic oxidation sites excluding steroid dienone is 2. The molecule has 0 saturated heterocycles. The van der Waals surface area contributed by atoms with Crippen LogP contribution >= 0.6 is 0 Å². The summed E-state index contributed by atoms with van der Waals surface area (Å²) in [4.78, 5) is 5.12. The Bertz CT molecular complexity index is 3220. The van der Waals surface area contributed by atoms with Gasteiger partial charge in [-0.15, -0.1) is 0 Å². The predicted molar refractivity (Wildman–Crippen MR) is 240 cm³/mol. The molecule has 0 spiro atoms. The number of hydrogen-bond donors (Lipinski definition) is 0. The van der Waals surface area contributed by atoms with E-state index in [9.17, 15) is 0 Å². The highest BCUT2D eigenvalue weighted by Gasteiger charge is 2.45. The summed E-state index contributed by atoms with van der Waals surface area (Å²) in [7, 11) is 0. The highest BCUT2D eigenvalue weighted by molar-refractivity contribution is 6.26. The van der Waals surface area contributed by atoms with Gasteiger partial charge in [0.15, 0.2) is 0 Å². The molecule has 2 aliphatic rings. The van der Waals surface area contributed by atoms with Crippen LogP contribution in [0, 0.1) is 0 Å². The van der Waals surface area contributed by atoms with Crippen LogP contribution in [0.5, 0.6) is 0 Å². The van der Waals surface area contributed by atoms with Crippen molar-refractivity contribution in [1.82, 2.24) is 0 Å². The fraction of sp³-hybridized carbons (Fsp3) is 0.0370. The lowest BCUT2D eigenvalue weighted by Crippen LogP contribution is -2.47. The first-order valence-corrected chi connectivity index (χ1v) is 19.8. The maximum absolute atomic E-state index is 6.72. The molecule has 0 amide bonds. The van der Waals surface area contributed by atoms with Crippen molar-refractivity contribution in [2.45, 2.75) is 12.1 Å². The van der Waals surface area contributed by atoms with Gasteiger partial charge in [-0.3, -0.25) is 0 Å². The van der Waals surface area contributed by atoms with Gasteiger partial charge in [-0.2, -0.15) is 0 Å². The summed E-state index contributed by atoms with van der Waals surface area (Å²) in [6, 6.07) is 68.0. The van der Waals surface area contributed by atoms with Crippen molar-refractivity contribution in [3.05, 3.63) is 212 Å². The van der Waals surface area contributed by atoms with Gasteiger partial charge in [0, 0.05) is 45.0 Å². The summed E-state index contributed by atoms with van der Waals surface area (Å²) in [5.41, 5.74) is 11.3. The standard InChI is InChI=1S/C54H36N2O/c1-4-17-35(18-5-1)51-52-45-28-16-29-47(54(45)56(37-21-8-3-9-22-37)48(52)34-50-53(51)44-27-14-15-30-49(44)57-50)55(36-19-6-2-7-20-36)38-31-32-43-41-25-11-10-23-39(41)40-24-12-13-26-42(40)46(43)33-38/h1-34,47,54H/t47-,54?/m0/s1. The van der Waals surface area contributed by atoms with Crippen molar-refractivity contribution in [3.63, 3.8) is 0 Å². The lowest BCUT2D eigenvalue weighted by Gasteiger charge is -2.41. The maximum Gasteiger partial charge on any atom is 0.138 e. The fourth-order valence-corrected chi connectivity index (χ4v) is 9.83. The topological polar surface area (TPSA) is 19.6 Å². The van der Waals surface area contributed by atoms with Gasteiger partial charge >= 0.3 is 0 Å². The molecule has 57 heavy (non-hydrogen) atoms. The predicted octanol–water partition coefficient (Wildman–Crippen LogP) is 14.4. The summed E-state index contributed by atoms with van der Waals surface area (Å²) in [5.74, 6) is 0. The molecule has 3 nitrogen and oxygen atoms in total. The molecule has 2 heterocycles. The van der Waals surface area contributed by atoms with Gasteiger partial charge in [-0.1, -0.05) is 158 Å². The third kappa shape index (κ3) is 4.79. The zero-order valence-corrected chi connectivity index (χ0v) is 31.1. The number of nitrogens with zero attached hydrogens (tertiary/aromatic N) is 2. The molecule has 0 radical (unpaired) electrons. The van der Waals surface area contributed by atoms with Gasteiger partial charge in [-0.25, -0.2) is 0 Å². The molecule has 0 saturated carbocycles. The van der Waals surface area contributed by atoms with E-state index in [1.54, 1.807) is 0 Å². The quantitative estimate of drug-likeness (QED) is 0.165. The SMILES string of the molecule is C1=C[C@H](N(c2ccccc2)c2ccc3c4ccccc4c4ccccc4c3c2)C2C(=C1)c1c(cc3oc4ccccc4c3c1-c1ccccc1)N2c1ccccc1. The van der Waals surface area contributed by atoms with Crippen LogP contribution < -0.4 is 9.80 Å².